The molecule has 3 rings (SSSR count). The average Bonchev–Trinajstić information content (AvgIpc) is 3.37. The first-order valence-corrected chi connectivity index (χ1v) is 10.4. The lowest BCUT2D eigenvalue weighted by Gasteiger charge is -2.14. The lowest BCUT2D eigenvalue weighted by molar-refractivity contribution is 0.0739. The standard InChI is InChI=1S/C22H31N7O/c1-5-18(6-2)28-14-17(13-26-28)21-20-7-9-25-29(20)15-19(27-21)16(11-23)12-24-10-8-22(3,4)30/h7,9,11-15,18,30H,5-6,8,10,23H2,1-4H3. The molecule has 3 N–H and O–H groups in total. The van der Waals surface area contributed by atoms with Crippen molar-refractivity contribution in [3.05, 3.63) is 42.7 Å². The first-order valence-electron chi connectivity index (χ1n) is 10.4. The lowest BCUT2D eigenvalue weighted by atomic mass is 10.1. The Hall–Kier alpha value is -3.00. The Balaban J connectivity index is 1.95. The van der Waals surface area contributed by atoms with Crippen LogP contribution < -0.4 is 5.73 Å². The number of aliphatic hydroxyl groups is 1. The third kappa shape index (κ3) is 4.94. The molecule has 3 heterocycles. The molecule has 0 radical (unpaired) electrons. The molecular formula is C22H31N7O. The maximum absolute atomic E-state index is 9.85. The van der Waals surface area contributed by atoms with Crippen molar-refractivity contribution in [3.8, 4) is 11.3 Å². The largest absolute Gasteiger partial charge is 0.404 e. The van der Waals surface area contributed by atoms with Gasteiger partial charge in [0.2, 0.25) is 0 Å². The van der Waals surface area contributed by atoms with Crippen LogP contribution >= 0.6 is 0 Å². The minimum atomic E-state index is -0.752. The summed E-state index contributed by atoms with van der Waals surface area (Å²) in [6.45, 7) is 8.37. The Morgan fingerprint density at radius 1 is 1.27 bits per heavy atom. The van der Waals surface area contributed by atoms with Crippen molar-refractivity contribution in [3.63, 3.8) is 0 Å². The van der Waals surface area contributed by atoms with E-state index in [1.807, 2.05) is 29.3 Å². The second-order valence-electron chi connectivity index (χ2n) is 8.03. The van der Waals surface area contributed by atoms with Crippen LogP contribution in [0.4, 0.5) is 0 Å². The van der Waals surface area contributed by atoms with Gasteiger partial charge in [-0.1, -0.05) is 13.8 Å². The zero-order valence-electron chi connectivity index (χ0n) is 18.2. The molecule has 0 aliphatic rings. The van der Waals surface area contributed by atoms with Crippen molar-refractivity contribution >= 4 is 17.3 Å². The highest BCUT2D eigenvalue weighted by Crippen LogP contribution is 2.26. The van der Waals surface area contributed by atoms with Gasteiger partial charge in [-0.2, -0.15) is 10.2 Å². The summed E-state index contributed by atoms with van der Waals surface area (Å²) >= 11 is 0. The minimum Gasteiger partial charge on any atom is -0.404 e. The predicted octanol–water partition coefficient (Wildman–Crippen LogP) is 3.49. The Morgan fingerprint density at radius 2 is 2.03 bits per heavy atom. The molecule has 3 aromatic heterocycles. The fourth-order valence-electron chi connectivity index (χ4n) is 3.30. The SMILES string of the molecule is CCC(CC)n1cc(-c2nc(C(C=NCCC(C)(C)O)=CN)cn3nccc23)cn1. The fourth-order valence-corrected chi connectivity index (χ4v) is 3.30. The fraction of sp³-hybridized carbons (Fsp3) is 0.455. The van der Waals surface area contributed by atoms with Crippen molar-refractivity contribution in [2.45, 2.75) is 58.6 Å². The molecular weight excluding hydrogens is 378 g/mol. The van der Waals surface area contributed by atoms with Gasteiger partial charge in [-0.05, 0) is 39.2 Å². The van der Waals surface area contributed by atoms with Gasteiger partial charge in [-0.15, -0.1) is 0 Å². The van der Waals surface area contributed by atoms with E-state index in [0.717, 1.165) is 29.6 Å². The van der Waals surface area contributed by atoms with E-state index in [9.17, 15) is 5.11 Å². The first kappa shape index (κ1) is 21.7. The summed E-state index contributed by atoms with van der Waals surface area (Å²) in [5, 5.41) is 18.8. The third-order valence-corrected chi connectivity index (χ3v) is 5.14. The van der Waals surface area contributed by atoms with Gasteiger partial charge in [0.05, 0.1) is 47.1 Å². The summed E-state index contributed by atoms with van der Waals surface area (Å²) in [6.07, 6.45) is 13.3. The van der Waals surface area contributed by atoms with E-state index in [1.165, 1.54) is 6.20 Å². The van der Waals surface area contributed by atoms with Crippen LogP contribution in [0.5, 0.6) is 0 Å². The van der Waals surface area contributed by atoms with Crippen molar-refractivity contribution in [1.29, 1.82) is 0 Å². The predicted molar refractivity (Wildman–Crippen MR) is 120 cm³/mol. The molecule has 8 heteroatoms. The van der Waals surface area contributed by atoms with Gasteiger partial charge in [0, 0.05) is 36.3 Å². The molecule has 0 saturated heterocycles. The van der Waals surface area contributed by atoms with Crippen LogP contribution in [0.25, 0.3) is 22.3 Å². The quantitative estimate of drug-likeness (QED) is 0.526. The van der Waals surface area contributed by atoms with E-state index in [2.05, 4.69) is 29.0 Å². The van der Waals surface area contributed by atoms with Crippen molar-refractivity contribution in [1.82, 2.24) is 24.4 Å². The summed E-state index contributed by atoms with van der Waals surface area (Å²) in [7, 11) is 0. The van der Waals surface area contributed by atoms with Gasteiger partial charge >= 0.3 is 0 Å². The molecule has 30 heavy (non-hydrogen) atoms. The van der Waals surface area contributed by atoms with Crippen molar-refractivity contribution < 1.29 is 5.11 Å². The number of aliphatic imine (C=N–C) groups is 1. The maximum atomic E-state index is 9.85. The molecule has 0 aliphatic heterocycles. The van der Waals surface area contributed by atoms with Crippen LogP contribution in [0.2, 0.25) is 0 Å². The third-order valence-electron chi connectivity index (χ3n) is 5.14. The number of allylic oxidation sites excluding steroid dienone is 1. The number of hydrogen-bond donors (Lipinski definition) is 2. The summed E-state index contributed by atoms with van der Waals surface area (Å²) in [6, 6.07) is 2.30. The van der Waals surface area contributed by atoms with Gasteiger partial charge in [0.15, 0.2) is 0 Å². The van der Waals surface area contributed by atoms with Crippen LogP contribution in [0, 0.1) is 0 Å². The van der Waals surface area contributed by atoms with Crippen LogP contribution in [-0.4, -0.2) is 47.8 Å². The van der Waals surface area contributed by atoms with Crippen LogP contribution in [0.3, 0.4) is 0 Å². The maximum Gasteiger partial charge on any atom is 0.0999 e. The molecule has 3 aromatic rings. The summed E-state index contributed by atoms with van der Waals surface area (Å²) in [5.41, 5.74) is 9.12. The van der Waals surface area contributed by atoms with E-state index in [4.69, 9.17) is 10.7 Å². The number of hydrogen-bond acceptors (Lipinski definition) is 6. The molecule has 0 saturated carbocycles. The summed E-state index contributed by atoms with van der Waals surface area (Å²) in [5.74, 6) is 0. The lowest BCUT2D eigenvalue weighted by Crippen LogP contribution is -2.19. The van der Waals surface area contributed by atoms with E-state index in [0.29, 0.717) is 30.3 Å². The van der Waals surface area contributed by atoms with Gasteiger partial charge in [0.25, 0.3) is 0 Å². The second kappa shape index (κ2) is 9.21. The van der Waals surface area contributed by atoms with Gasteiger partial charge in [-0.3, -0.25) is 9.67 Å². The second-order valence-corrected chi connectivity index (χ2v) is 8.03. The molecule has 0 bridgehead atoms. The van der Waals surface area contributed by atoms with E-state index in [1.54, 1.807) is 30.8 Å². The number of nitrogens with two attached hydrogens (primary N) is 1. The Labute approximate surface area is 177 Å². The zero-order chi connectivity index (χ0) is 21.7. The summed E-state index contributed by atoms with van der Waals surface area (Å²) in [4.78, 5) is 9.27. The topological polar surface area (TPSA) is 107 Å². The zero-order valence-corrected chi connectivity index (χ0v) is 18.2. The Kier molecular flexibility index (Phi) is 6.66. The van der Waals surface area contributed by atoms with E-state index in [-0.39, 0.29) is 0 Å². The van der Waals surface area contributed by atoms with Gasteiger partial charge in [-0.25, -0.2) is 9.50 Å². The number of fused-ring (bicyclic) bond motifs is 1. The molecule has 8 nitrogen and oxygen atoms in total. The number of nitrogens with zero attached hydrogens (tertiary/aromatic N) is 6. The van der Waals surface area contributed by atoms with Crippen LogP contribution in [-0.2, 0) is 0 Å². The molecule has 0 aromatic carbocycles. The van der Waals surface area contributed by atoms with Gasteiger partial charge in [0.1, 0.15) is 0 Å². The average molecular weight is 410 g/mol. The van der Waals surface area contributed by atoms with E-state index < -0.39 is 5.60 Å². The van der Waals surface area contributed by atoms with Crippen molar-refractivity contribution in [2.24, 2.45) is 10.7 Å². The number of rotatable bonds is 9. The molecule has 0 unspecified atom stereocenters. The smallest absolute Gasteiger partial charge is 0.0999 e. The van der Waals surface area contributed by atoms with Gasteiger partial charge < -0.3 is 10.8 Å². The van der Waals surface area contributed by atoms with Crippen LogP contribution in [0.15, 0.2) is 42.0 Å². The molecule has 160 valence electrons. The summed E-state index contributed by atoms with van der Waals surface area (Å²) < 4.78 is 3.80. The highest BCUT2D eigenvalue weighted by Gasteiger charge is 2.15. The molecule has 0 amide bonds. The highest BCUT2D eigenvalue weighted by molar-refractivity contribution is 6.09. The Morgan fingerprint density at radius 3 is 2.70 bits per heavy atom. The van der Waals surface area contributed by atoms with Crippen LogP contribution in [0.1, 0.15) is 58.7 Å². The molecule has 0 atom stereocenters. The monoisotopic (exact) mass is 409 g/mol. The van der Waals surface area contributed by atoms with Crippen molar-refractivity contribution in [2.75, 3.05) is 6.54 Å². The molecule has 0 fully saturated rings. The highest BCUT2D eigenvalue weighted by atomic mass is 16.3. The molecule has 0 spiro atoms. The normalized spacial score (nSPS) is 13.2. The minimum absolute atomic E-state index is 0.366. The molecule has 0 aliphatic carbocycles. The first-order chi connectivity index (χ1) is 14.4. The van der Waals surface area contributed by atoms with E-state index >= 15 is 0 Å². The number of aromatic nitrogens is 5. The Bertz CT molecular complexity index is 1040.